The van der Waals surface area contributed by atoms with Crippen molar-refractivity contribution in [2.24, 2.45) is 18.9 Å². The van der Waals surface area contributed by atoms with E-state index in [9.17, 15) is 14.7 Å². The van der Waals surface area contributed by atoms with E-state index < -0.39 is 11.9 Å². The van der Waals surface area contributed by atoms with Crippen molar-refractivity contribution in [3.63, 3.8) is 0 Å². The van der Waals surface area contributed by atoms with E-state index in [1.54, 1.807) is 0 Å². The highest BCUT2D eigenvalue weighted by Gasteiger charge is 2.29. The molecule has 2 rings (SSSR count). The zero-order valence-corrected chi connectivity index (χ0v) is 12.8. The summed E-state index contributed by atoms with van der Waals surface area (Å²) in [6, 6.07) is 1.43. The van der Waals surface area contributed by atoms with Crippen LogP contribution < -0.4 is 10.9 Å². The van der Waals surface area contributed by atoms with Crippen LogP contribution >= 0.6 is 11.6 Å². The van der Waals surface area contributed by atoms with Gasteiger partial charge in [0, 0.05) is 19.7 Å². The van der Waals surface area contributed by atoms with Crippen LogP contribution in [0.4, 0.5) is 5.69 Å². The molecule has 0 aliphatic heterocycles. The number of halogens is 1. The van der Waals surface area contributed by atoms with Gasteiger partial charge >= 0.3 is 5.97 Å². The minimum Gasteiger partial charge on any atom is -0.481 e. The van der Waals surface area contributed by atoms with Crippen LogP contribution in [0.2, 0.25) is 5.15 Å². The molecule has 1 aromatic rings. The second kappa shape index (κ2) is 6.93. The lowest BCUT2D eigenvalue weighted by Crippen LogP contribution is -2.33. The van der Waals surface area contributed by atoms with Crippen molar-refractivity contribution in [1.29, 1.82) is 0 Å². The molecule has 1 fully saturated rings. The quantitative estimate of drug-likeness (QED) is 0.870. The summed E-state index contributed by atoms with van der Waals surface area (Å²) in [4.78, 5) is 23.4. The first-order valence-corrected chi connectivity index (χ1v) is 7.57. The van der Waals surface area contributed by atoms with Gasteiger partial charge in [-0.2, -0.15) is 5.10 Å². The molecule has 0 amide bonds. The summed E-state index contributed by atoms with van der Waals surface area (Å²) in [5.41, 5.74) is -0.0215. The largest absolute Gasteiger partial charge is 0.481 e. The van der Waals surface area contributed by atoms with Crippen molar-refractivity contribution in [3.8, 4) is 0 Å². The average molecular weight is 314 g/mol. The van der Waals surface area contributed by atoms with Gasteiger partial charge in [-0.1, -0.05) is 30.9 Å². The molecular weight excluding hydrogens is 294 g/mol. The Balaban J connectivity index is 2.08. The number of aliphatic carboxylic acids is 1. The van der Waals surface area contributed by atoms with Gasteiger partial charge in [-0.15, -0.1) is 0 Å². The third-order valence-corrected chi connectivity index (χ3v) is 4.27. The van der Waals surface area contributed by atoms with Crippen LogP contribution in [-0.2, 0) is 11.8 Å². The minimum atomic E-state index is -0.814. The van der Waals surface area contributed by atoms with Gasteiger partial charge in [0.25, 0.3) is 5.56 Å². The standard InChI is InChI=1S/C14H20ClN3O3/c1-18-13(19)11(7-12(15)17-18)16-8-10(14(20)21)9-5-3-2-4-6-9/h7,9-10,16H,2-6,8H2,1H3,(H,20,21). The van der Waals surface area contributed by atoms with E-state index in [2.05, 4.69) is 10.4 Å². The summed E-state index contributed by atoms with van der Waals surface area (Å²) < 4.78 is 1.14. The summed E-state index contributed by atoms with van der Waals surface area (Å²) >= 11 is 5.82. The number of carboxylic acid groups (broad SMARTS) is 1. The van der Waals surface area contributed by atoms with Crippen molar-refractivity contribution >= 4 is 23.3 Å². The van der Waals surface area contributed by atoms with Gasteiger partial charge in [-0.3, -0.25) is 9.59 Å². The Morgan fingerprint density at radius 2 is 2.19 bits per heavy atom. The smallest absolute Gasteiger partial charge is 0.308 e. The highest BCUT2D eigenvalue weighted by molar-refractivity contribution is 6.29. The van der Waals surface area contributed by atoms with Crippen LogP contribution in [0.25, 0.3) is 0 Å². The maximum Gasteiger partial charge on any atom is 0.308 e. The van der Waals surface area contributed by atoms with Gasteiger partial charge in [0.1, 0.15) is 5.69 Å². The summed E-state index contributed by atoms with van der Waals surface area (Å²) in [5.74, 6) is -1.13. The Hall–Kier alpha value is -1.56. The van der Waals surface area contributed by atoms with Gasteiger partial charge in [-0.05, 0) is 18.8 Å². The van der Waals surface area contributed by atoms with Gasteiger partial charge in [0.15, 0.2) is 5.15 Å². The van der Waals surface area contributed by atoms with E-state index in [-0.39, 0.29) is 23.2 Å². The molecule has 0 saturated heterocycles. The molecule has 7 heteroatoms. The molecule has 1 aliphatic rings. The molecule has 0 radical (unpaired) electrons. The summed E-state index contributed by atoms with van der Waals surface area (Å²) in [7, 11) is 1.51. The predicted octanol–water partition coefficient (Wildman–Crippen LogP) is 2.13. The Morgan fingerprint density at radius 1 is 1.52 bits per heavy atom. The first-order chi connectivity index (χ1) is 9.99. The third-order valence-electron chi connectivity index (χ3n) is 4.08. The molecule has 0 aromatic carbocycles. The average Bonchev–Trinajstić information content (AvgIpc) is 2.45. The lowest BCUT2D eigenvalue weighted by atomic mass is 9.80. The number of hydrogen-bond acceptors (Lipinski definition) is 4. The monoisotopic (exact) mass is 313 g/mol. The van der Waals surface area contributed by atoms with Crippen LogP contribution in [0, 0.1) is 11.8 Å². The van der Waals surface area contributed by atoms with E-state index in [4.69, 9.17) is 11.6 Å². The first kappa shape index (κ1) is 15.8. The minimum absolute atomic E-state index is 0.171. The highest BCUT2D eigenvalue weighted by Crippen LogP contribution is 2.30. The second-order valence-corrected chi connectivity index (χ2v) is 5.92. The van der Waals surface area contributed by atoms with E-state index >= 15 is 0 Å². The Labute approximate surface area is 128 Å². The predicted molar refractivity (Wildman–Crippen MR) is 80.7 cm³/mol. The van der Waals surface area contributed by atoms with Crippen LogP contribution in [0.3, 0.4) is 0 Å². The number of aromatic nitrogens is 2. The van der Waals surface area contributed by atoms with Crippen molar-refractivity contribution in [2.75, 3.05) is 11.9 Å². The fraction of sp³-hybridized carbons (Fsp3) is 0.643. The maximum atomic E-state index is 11.9. The Morgan fingerprint density at radius 3 is 2.81 bits per heavy atom. The van der Waals surface area contributed by atoms with Gasteiger partial charge in [0.2, 0.25) is 0 Å². The molecule has 1 atom stereocenters. The molecule has 6 nitrogen and oxygen atoms in total. The Kier molecular flexibility index (Phi) is 5.22. The number of nitrogens with one attached hydrogen (secondary N) is 1. The molecule has 1 saturated carbocycles. The molecular formula is C14H20ClN3O3. The van der Waals surface area contributed by atoms with Crippen LogP contribution in [0.1, 0.15) is 32.1 Å². The summed E-state index contributed by atoms with van der Waals surface area (Å²) in [6.45, 7) is 0.232. The third kappa shape index (κ3) is 3.97. The number of anilines is 1. The lowest BCUT2D eigenvalue weighted by molar-refractivity contribution is -0.143. The fourth-order valence-electron chi connectivity index (χ4n) is 2.91. The fourth-order valence-corrected chi connectivity index (χ4v) is 3.13. The molecule has 116 valence electrons. The molecule has 0 spiro atoms. The molecule has 1 unspecified atom stereocenters. The lowest BCUT2D eigenvalue weighted by Gasteiger charge is -2.27. The molecule has 1 aromatic heterocycles. The van der Waals surface area contributed by atoms with Crippen molar-refractivity contribution in [2.45, 2.75) is 32.1 Å². The number of rotatable bonds is 5. The second-order valence-electron chi connectivity index (χ2n) is 5.53. The van der Waals surface area contributed by atoms with Crippen LogP contribution in [-0.4, -0.2) is 27.4 Å². The van der Waals surface area contributed by atoms with Gasteiger partial charge in [0.05, 0.1) is 5.92 Å². The topological polar surface area (TPSA) is 84.2 Å². The van der Waals surface area contributed by atoms with E-state index in [1.165, 1.54) is 19.5 Å². The molecule has 0 bridgehead atoms. The number of hydrogen-bond donors (Lipinski definition) is 2. The van der Waals surface area contributed by atoms with Gasteiger partial charge in [-0.25, -0.2) is 4.68 Å². The number of aryl methyl sites for hydroxylation is 1. The summed E-state index contributed by atoms with van der Waals surface area (Å²) in [5, 5.41) is 16.4. The van der Waals surface area contributed by atoms with Crippen molar-refractivity contribution < 1.29 is 9.90 Å². The number of nitrogens with zero attached hydrogens (tertiary/aromatic N) is 2. The van der Waals surface area contributed by atoms with E-state index in [0.29, 0.717) is 5.69 Å². The Bertz CT molecular complexity index is 567. The van der Waals surface area contributed by atoms with Crippen molar-refractivity contribution in [3.05, 3.63) is 21.6 Å². The number of carbonyl (C=O) groups is 1. The maximum absolute atomic E-state index is 11.9. The zero-order chi connectivity index (χ0) is 15.4. The molecule has 2 N–H and O–H groups in total. The number of carboxylic acids is 1. The van der Waals surface area contributed by atoms with Gasteiger partial charge < -0.3 is 10.4 Å². The van der Waals surface area contributed by atoms with E-state index in [0.717, 1.165) is 30.4 Å². The SMILES string of the molecule is Cn1nc(Cl)cc(NCC(C(=O)O)C2CCCCC2)c1=O. The first-order valence-electron chi connectivity index (χ1n) is 7.19. The van der Waals surface area contributed by atoms with Crippen molar-refractivity contribution in [1.82, 2.24) is 9.78 Å². The van der Waals surface area contributed by atoms with Crippen LogP contribution in [0.5, 0.6) is 0 Å². The van der Waals surface area contributed by atoms with Crippen LogP contribution in [0.15, 0.2) is 10.9 Å². The zero-order valence-electron chi connectivity index (χ0n) is 12.0. The molecule has 1 aliphatic carbocycles. The highest BCUT2D eigenvalue weighted by atomic mass is 35.5. The molecule has 1 heterocycles. The van der Waals surface area contributed by atoms with E-state index in [1.807, 2.05) is 0 Å². The normalized spacial score (nSPS) is 17.4. The summed E-state index contributed by atoms with van der Waals surface area (Å²) in [6.07, 6.45) is 5.22. The molecule has 21 heavy (non-hydrogen) atoms.